The van der Waals surface area contributed by atoms with E-state index in [-0.39, 0.29) is 22.3 Å². The number of rotatable bonds is 5. The topological polar surface area (TPSA) is 83.5 Å². The molecule has 1 rings (SSSR count). The SMILES string of the molecule is CC(C=O)CNC(=O)C1=C(C(=O)O)SCCS1. The average Bonchev–Trinajstić information content (AvgIpc) is 2.35. The molecule has 0 bridgehead atoms. The monoisotopic (exact) mass is 275 g/mol. The standard InChI is InChI=1S/C10H13NO4S2/c1-6(5-12)4-11-9(13)7-8(10(14)15)17-3-2-16-7/h5-6H,2-4H2,1H3,(H,11,13)(H,14,15). The lowest BCUT2D eigenvalue weighted by Crippen LogP contribution is -2.31. The van der Waals surface area contributed by atoms with E-state index in [9.17, 15) is 14.4 Å². The highest BCUT2D eigenvalue weighted by Gasteiger charge is 2.25. The molecule has 1 atom stereocenters. The first-order valence-corrected chi connectivity index (χ1v) is 7.00. The molecule has 17 heavy (non-hydrogen) atoms. The van der Waals surface area contributed by atoms with Gasteiger partial charge in [0.05, 0.1) is 4.91 Å². The normalized spacial score (nSPS) is 17.5. The van der Waals surface area contributed by atoms with Crippen LogP contribution in [0, 0.1) is 5.92 Å². The molecule has 1 amide bonds. The van der Waals surface area contributed by atoms with Gasteiger partial charge in [0, 0.05) is 24.0 Å². The molecule has 0 fully saturated rings. The fraction of sp³-hybridized carbons (Fsp3) is 0.500. The minimum atomic E-state index is -1.07. The second-order valence-corrected chi connectivity index (χ2v) is 5.69. The molecule has 1 aliphatic rings. The van der Waals surface area contributed by atoms with Crippen molar-refractivity contribution >= 4 is 41.7 Å². The Balaban J connectivity index is 2.71. The van der Waals surface area contributed by atoms with Crippen molar-refractivity contribution in [2.24, 2.45) is 5.92 Å². The van der Waals surface area contributed by atoms with Crippen LogP contribution in [0.2, 0.25) is 0 Å². The molecule has 0 saturated carbocycles. The molecule has 0 radical (unpaired) electrons. The molecule has 0 aliphatic carbocycles. The van der Waals surface area contributed by atoms with Gasteiger partial charge in [-0.05, 0) is 0 Å². The number of carboxylic acids is 1. The zero-order valence-electron chi connectivity index (χ0n) is 9.26. The first-order chi connectivity index (χ1) is 8.06. The minimum absolute atomic E-state index is 0.0949. The van der Waals surface area contributed by atoms with Gasteiger partial charge in [-0.3, -0.25) is 4.79 Å². The van der Waals surface area contributed by atoms with Gasteiger partial charge in [-0.1, -0.05) is 6.92 Å². The number of hydrogen-bond acceptors (Lipinski definition) is 5. The first kappa shape index (κ1) is 14.1. The van der Waals surface area contributed by atoms with Gasteiger partial charge in [0.15, 0.2) is 0 Å². The Hall–Kier alpha value is -0.950. The molecule has 1 heterocycles. The van der Waals surface area contributed by atoms with Crippen LogP contribution in [0.5, 0.6) is 0 Å². The summed E-state index contributed by atoms with van der Waals surface area (Å²) in [6, 6.07) is 0. The van der Waals surface area contributed by atoms with Gasteiger partial charge < -0.3 is 15.2 Å². The van der Waals surface area contributed by atoms with Crippen LogP contribution in [0.25, 0.3) is 0 Å². The summed E-state index contributed by atoms with van der Waals surface area (Å²) < 4.78 is 0. The van der Waals surface area contributed by atoms with Crippen molar-refractivity contribution in [3.63, 3.8) is 0 Å². The molecule has 0 aromatic carbocycles. The number of nitrogens with one attached hydrogen (secondary N) is 1. The van der Waals surface area contributed by atoms with Crippen LogP contribution in [0.3, 0.4) is 0 Å². The molecule has 1 aliphatic heterocycles. The molecule has 7 heteroatoms. The summed E-state index contributed by atoms with van der Waals surface area (Å²) in [6.45, 7) is 1.91. The van der Waals surface area contributed by atoms with Crippen LogP contribution in [-0.4, -0.2) is 41.3 Å². The average molecular weight is 275 g/mol. The van der Waals surface area contributed by atoms with Crippen molar-refractivity contribution in [3.8, 4) is 0 Å². The van der Waals surface area contributed by atoms with Crippen molar-refractivity contribution in [1.82, 2.24) is 5.32 Å². The Morgan fingerprint density at radius 2 is 2.00 bits per heavy atom. The zero-order valence-corrected chi connectivity index (χ0v) is 10.9. The number of thioether (sulfide) groups is 2. The van der Waals surface area contributed by atoms with E-state index in [4.69, 9.17) is 5.11 Å². The van der Waals surface area contributed by atoms with E-state index < -0.39 is 11.9 Å². The molecule has 5 nitrogen and oxygen atoms in total. The van der Waals surface area contributed by atoms with Crippen molar-refractivity contribution in [3.05, 3.63) is 9.81 Å². The second-order valence-electron chi connectivity index (χ2n) is 3.48. The molecular weight excluding hydrogens is 262 g/mol. The first-order valence-electron chi connectivity index (χ1n) is 5.03. The lowest BCUT2D eigenvalue weighted by atomic mass is 10.2. The van der Waals surface area contributed by atoms with E-state index in [0.717, 1.165) is 6.29 Å². The van der Waals surface area contributed by atoms with E-state index in [1.54, 1.807) is 6.92 Å². The van der Waals surface area contributed by atoms with Gasteiger partial charge in [-0.15, -0.1) is 23.5 Å². The minimum Gasteiger partial charge on any atom is -0.477 e. The van der Waals surface area contributed by atoms with E-state index in [0.29, 0.717) is 11.5 Å². The van der Waals surface area contributed by atoms with Gasteiger partial charge in [0.25, 0.3) is 5.91 Å². The Morgan fingerprint density at radius 1 is 1.41 bits per heavy atom. The summed E-state index contributed by atoms with van der Waals surface area (Å²) in [4.78, 5) is 33.4. The second kappa shape index (κ2) is 6.70. The highest BCUT2D eigenvalue weighted by Crippen LogP contribution is 2.34. The molecule has 94 valence electrons. The largest absolute Gasteiger partial charge is 0.477 e. The number of aliphatic carboxylic acids is 1. The molecule has 2 N–H and O–H groups in total. The van der Waals surface area contributed by atoms with Crippen molar-refractivity contribution in [2.75, 3.05) is 18.1 Å². The number of carboxylic acid groups (broad SMARTS) is 1. The fourth-order valence-electron chi connectivity index (χ4n) is 1.13. The van der Waals surface area contributed by atoms with Gasteiger partial charge in [-0.25, -0.2) is 4.79 Å². The van der Waals surface area contributed by atoms with Crippen molar-refractivity contribution in [2.45, 2.75) is 6.92 Å². The summed E-state index contributed by atoms with van der Waals surface area (Å²) in [5.41, 5.74) is 0. The molecule has 0 saturated heterocycles. The van der Waals surface area contributed by atoms with E-state index >= 15 is 0 Å². The van der Waals surface area contributed by atoms with E-state index in [2.05, 4.69) is 5.32 Å². The lowest BCUT2D eigenvalue weighted by Gasteiger charge is -2.16. The maximum absolute atomic E-state index is 11.8. The van der Waals surface area contributed by atoms with Crippen molar-refractivity contribution in [1.29, 1.82) is 0 Å². The van der Waals surface area contributed by atoms with Crippen molar-refractivity contribution < 1.29 is 19.5 Å². The molecule has 0 spiro atoms. The number of carbonyl (C=O) groups is 3. The third-order valence-corrected chi connectivity index (χ3v) is 4.55. The maximum atomic E-state index is 11.8. The summed E-state index contributed by atoms with van der Waals surface area (Å²) in [7, 11) is 0. The Labute approximate surface area is 107 Å². The van der Waals surface area contributed by atoms with Crippen LogP contribution in [0.1, 0.15) is 6.92 Å². The molecule has 0 aromatic heterocycles. The van der Waals surface area contributed by atoms with Crippen LogP contribution < -0.4 is 5.32 Å². The summed E-state index contributed by atoms with van der Waals surface area (Å²) in [5, 5.41) is 11.5. The van der Waals surface area contributed by atoms with E-state index in [1.165, 1.54) is 23.5 Å². The summed E-state index contributed by atoms with van der Waals surface area (Å²) in [5.74, 6) is -0.348. The number of aldehydes is 1. The van der Waals surface area contributed by atoms with E-state index in [1.807, 2.05) is 0 Å². The predicted molar refractivity (Wildman–Crippen MR) is 67.8 cm³/mol. The predicted octanol–water partition coefficient (Wildman–Crippen LogP) is 0.714. The quantitative estimate of drug-likeness (QED) is 0.719. The third kappa shape index (κ3) is 4.08. The smallest absolute Gasteiger partial charge is 0.343 e. The fourth-order valence-corrected chi connectivity index (χ4v) is 3.33. The number of amides is 1. The van der Waals surface area contributed by atoms with Crippen LogP contribution in [0.15, 0.2) is 9.81 Å². The summed E-state index contributed by atoms with van der Waals surface area (Å²) >= 11 is 2.42. The molecule has 1 unspecified atom stereocenters. The van der Waals surface area contributed by atoms with Crippen LogP contribution >= 0.6 is 23.5 Å². The van der Waals surface area contributed by atoms with Gasteiger partial charge in [-0.2, -0.15) is 0 Å². The maximum Gasteiger partial charge on any atom is 0.343 e. The molecule has 0 aromatic rings. The van der Waals surface area contributed by atoms with Gasteiger partial charge in [0.2, 0.25) is 0 Å². The van der Waals surface area contributed by atoms with Gasteiger partial charge in [0.1, 0.15) is 11.2 Å². The van der Waals surface area contributed by atoms with Crippen LogP contribution in [-0.2, 0) is 14.4 Å². The third-order valence-electron chi connectivity index (χ3n) is 2.00. The Bertz CT molecular complexity index is 367. The Morgan fingerprint density at radius 3 is 2.53 bits per heavy atom. The summed E-state index contributed by atoms with van der Waals surface area (Å²) in [6.07, 6.45) is 0.746. The lowest BCUT2D eigenvalue weighted by molar-refractivity contribution is -0.132. The number of hydrogen-bond donors (Lipinski definition) is 2. The highest BCUT2D eigenvalue weighted by atomic mass is 32.2. The van der Waals surface area contributed by atoms with Gasteiger partial charge >= 0.3 is 5.97 Å². The van der Waals surface area contributed by atoms with Crippen LogP contribution in [0.4, 0.5) is 0 Å². The Kier molecular flexibility index (Phi) is 5.57. The zero-order chi connectivity index (χ0) is 12.8. The highest BCUT2D eigenvalue weighted by molar-refractivity contribution is 8.11. The number of carbonyl (C=O) groups excluding carboxylic acids is 2. The molecular formula is C10H13NO4S2.